The van der Waals surface area contributed by atoms with Crippen molar-refractivity contribution in [3.63, 3.8) is 0 Å². The van der Waals surface area contributed by atoms with Crippen molar-refractivity contribution in [3.05, 3.63) is 29.8 Å². The van der Waals surface area contributed by atoms with E-state index in [9.17, 15) is 9.59 Å². The standard InChI is InChI=1S/C13H16N2O2/c1-9-7-12(16)15(13(9)17)11-5-3-10(4-6-11)8-14-2/h3-6,9,14H,7-8H2,1-2H3. The van der Waals surface area contributed by atoms with E-state index >= 15 is 0 Å². The lowest BCUT2D eigenvalue weighted by Gasteiger charge is -2.14. The average molecular weight is 232 g/mol. The Kier molecular flexibility index (Phi) is 3.24. The average Bonchev–Trinajstić information content (AvgIpc) is 2.55. The number of carbonyl (C=O) groups excluding carboxylic acids is 2. The normalized spacial score (nSPS) is 20.1. The van der Waals surface area contributed by atoms with Gasteiger partial charge in [-0.05, 0) is 24.7 Å². The number of hydrogen-bond acceptors (Lipinski definition) is 3. The van der Waals surface area contributed by atoms with Crippen molar-refractivity contribution in [2.24, 2.45) is 5.92 Å². The predicted molar refractivity (Wildman–Crippen MR) is 65.5 cm³/mol. The molecule has 1 heterocycles. The van der Waals surface area contributed by atoms with Gasteiger partial charge in [0.05, 0.1) is 5.69 Å². The van der Waals surface area contributed by atoms with Gasteiger partial charge in [-0.3, -0.25) is 14.5 Å². The molecule has 2 amide bonds. The van der Waals surface area contributed by atoms with E-state index in [2.05, 4.69) is 5.32 Å². The van der Waals surface area contributed by atoms with Crippen LogP contribution >= 0.6 is 0 Å². The smallest absolute Gasteiger partial charge is 0.237 e. The van der Waals surface area contributed by atoms with Gasteiger partial charge in [-0.2, -0.15) is 0 Å². The minimum atomic E-state index is -0.195. The molecule has 0 spiro atoms. The fourth-order valence-corrected chi connectivity index (χ4v) is 2.02. The number of imide groups is 1. The molecule has 1 saturated heterocycles. The quantitative estimate of drug-likeness (QED) is 0.799. The first-order chi connectivity index (χ1) is 8.13. The largest absolute Gasteiger partial charge is 0.316 e. The molecule has 1 atom stereocenters. The second kappa shape index (κ2) is 4.67. The summed E-state index contributed by atoms with van der Waals surface area (Å²) >= 11 is 0. The third kappa shape index (κ3) is 2.22. The second-order valence-corrected chi connectivity index (χ2v) is 4.37. The Bertz CT molecular complexity index is 439. The first-order valence-corrected chi connectivity index (χ1v) is 5.74. The molecule has 0 saturated carbocycles. The summed E-state index contributed by atoms with van der Waals surface area (Å²) in [5.74, 6) is -0.403. The van der Waals surface area contributed by atoms with E-state index in [1.54, 1.807) is 6.92 Å². The van der Waals surface area contributed by atoms with Crippen molar-refractivity contribution in [3.8, 4) is 0 Å². The molecule has 1 aliphatic heterocycles. The molecule has 4 heteroatoms. The van der Waals surface area contributed by atoms with E-state index in [1.807, 2.05) is 31.3 Å². The zero-order chi connectivity index (χ0) is 12.4. The van der Waals surface area contributed by atoms with Gasteiger partial charge in [-0.25, -0.2) is 0 Å². The number of nitrogens with one attached hydrogen (secondary N) is 1. The van der Waals surface area contributed by atoms with Gasteiger partial charge in [-0.1, -0.05) is 19.1 Å². The highest BCUT2D eigenvalue weighted by Crippen LogP contribution is 2.26. The maximum Gasteiger partial charge on any atom is 0.237 e. The highest BCUT2D eigenvalue weighted by Gasteiger charge is 2.36. The van der Waals surface area contributed by atoms with Crippen LogP contribution in [0.25, 0.3) is 0 Å². The lowest BCUT2D eigenvalue weighted by molar-refractivity contribution is -0.122. The van der Waals surface area contributed by atoms with Crippen LogP contribution in [0.4, 0.5) is 5.69 Å². The summed E-state index contributed by atoms with van der Waals surface area (Å²) in [6, 6.07) is 7.49. The number of anilines is 1. The number of hydrogen-bond donors (Lipinski definition) is 1. The van der Waals surface area contributed by atoms with Crippen LogP contribution in [-0.4, -0.2) is 18.9 Å². The predicted octanol–water partition coefficient (Wildman–Crippen LogP) is 1.31. The number of carbonyl (C=O) groups is 2. The molecule has 2 rings (SSSR count). The van der Waals surface area contributed by atoms with E-state index in [-0.39, 0.29) is 17.7 Å². The monoisotopic (exact) mass is 232 g/mol. The van der Waals surface area contributed by atoms with Gasteiger partial charge in [-0.15, -0.1) is 0 Å². The molecule has 4 nitrogen and oxygen atoms in total. The molecule has 1 aromatic rings. The Morgan fingerprint density at radius 3 is 2.41 bits per heavy atom. The summed E-state index contributed by atoms with van der Waals surface area (Å²) in [4.78, 5) is 24.8. The van der Waals surface area contributed by atoms with Crippen molar-refractivity contribution in [1.82, 2.24) is 5.32 Å². The molecule has 1 fully saturated rings. The minimum Gasteiger partial charge on any atom is -0.316 e. The lowest BCUT2D eigenvalue weighted by atomic mass is 10.1. The molecule has 1 aliphatic rings. The van der Waals surface area contributed by atoms with Gasteiger partial charge in [0.25, 0.3) is 0 Å². The Hall–Kier alpha value is -1.68. The molecule has 1 aromatic carbocycles. The highest BCUT2D eigenvalue weighted by molar-refractivity contribution is 6.20. The van der Waals surface area contributed by atoms with Crippen LogP contribution in [0.15, 0.2) is 24.3 Å². The topological polar surface area (TPSA) is 49.4 Å². The van der Waals surface area contributed by atoms with Crippen LogP contribution in [0.2, 0.25) is 0 Å². The van der Waals surface area contributed by atoms with Crippen LogP contribution in [-0.2, 0) is 16.1 Å². The third-order valence-corrected chi connectivity index (χ3v) is 2.95. The summed E-state index contributed by atoms with van der Waals surface area (Å²) in [5.41, 5.74) is 1.80. The number of nitrogens with zero attached hydrogens (tertiary/aromatic N) is 1. The van der Waals surface area contributed by atoms with Gasteiger partial charge in [0.2, 0.25) is 11.8 Å². The molecule has 0 aliphatic carbocycles. The Morgan fingerprint density at radius 2 is 1.94 bits per heavy atom. The Labute approximate surface area is 101 Å². The molecule has 1 N–H and O–H groups in total. The molecule has 17 heavy (non-hydrogen) atoms. The van der Waals surface area contributed by atoms with E-state index in [0.29, 0.717) is 12.1 Å². The molecule has 0 bridgehead atoms. The SMILES string of the molecule is CNCc1ccc(N2C(=O)CC(C)C2=O)cc1. The van der Waals surface area contributed by atoms with Gasteiger partial charge >= 0.3 is 0 Å². The van der Waals surface area contributed by atoms with Crippen LogP contribution in [0, 0.1) is 5.92 Å². The number of rotatable bonds is 3. The van der Waals surface area contributed by atoms with Crippen LogP contribution < -0.4 is 10.2 Å². The minimum absolute atomic E-state index is 0.101. The molecule has 0 aromatic heterocycles. The van der Waals surface area contributed by atoms with Crippen molar-refractivity contribution in [1.29, 1.82) is 0 Å². The highest BCUT2D eigenvalue weighted by atomic mass is 16.2. The van der Waals surface area contributed by atoms with Crippen LogP contribution in [0.5, 0.6) is 0 Å². The summed E-state index contributed by atoms with van der Waals surface area (Å²) in [5, 5.41) is 3.05. The fourth-order valence-electron chi connectivity index (χ4n) is 2.02. The molecule has 0 radical (unpaired) electrons. The van der Waals surface area contributed by atoms with Gasteiger partial charge < -0.3 is 5.32 Å². The van der Waals surface area contributed by atoms with Crippen molar-refractivity contribution in [2.45, 2.75) is 19.9 Å². The maximum atomic E-state index is 11.8. The number of benzene rings is 1. The fraction of sp³-hybridized carbons (Fsp3) is 0.385. The molecular formula is C13H16N2O2. The van der Waals surface area contributed by atoms with E-state index < -0.39 is 0 Å². The maximum absolute atomic E-state index is 11.8. The molecule has 90 valence electrons. The zero-order valence-corrected chi connectivity index (χ0v) is 10.1. The summed E-state index contributed by atoms with van der Waals surface area (Å²) in [7, 11) is 1.88. The van der Waals surface area contributed by atoms with Gasteiger partial charge in [0.1, 0.15) is 0 Å². The second-order valence-electron chi connectivity index (χ2n) is 4.37. The van der Waals surface area contributed by atoms with Crippen LogP contribution in [0.3, 0.4) is 0 Å². The van der Waals surface area contributed by atoms with Crippen LogP contribution in [0.1, 0.15) is 18.9 Å². The van der Waals surface area contributed by atoms with Gasteiger partial charge in [0.15, 0.2) is 0 Å². The summed E-state index contributed by atoms with van der Waals surface area (Å²) < 4.78 is 0. The van der Waals surface area contributed by atoms with E-state index in [1.165, 1.54) is 4.90 Å². The van der Waals surface area contributed by atoms with E-state index in [0.717, 1.165) is 12.1 Å². The lowest BCUT2D eigenvalue weighted by Crippen LogP contribution is -2.29. The third-order valence-electron chi connectivity index (χ3n) is 2.95. The summed E-state index contributed by atoms with van der Waals surface area (Å²) in [6.45, 7) is 2.56. The molecule has 1 unspecified atom stereocenters. The van der Waals surface area contributed by atoms with Crippen molar-refractivity contribution < 1.29 is 9.59 Å². The Balaban J connectivity index is 2.22. The summed E-state index contributed by atoms with van der Waals surface area (Å²) in [6.07, 6.45) is 0.317. The first kappa shape index (κ1) is 11.8. The Morgan fingerprint density at radius 1 is 1.29 bits per heavy atom. The van der Waals surface area contributed by atoms with E-state index in [4.69, 9.17) is 0 Å². The zero-order valence-electron chi connectivity index (χ0n) is 10.1. The van der Waals surface area contributed by atoms with Gasteiger partial charge in [0, 0.05) is 18.9 Å². The van der Waals surface area contributed by atoms with Crippen molar-refractivity contribution >= 4 is 17.5 Å². The number of amides is 2. The first-order valence-electron chi connectivity index (χ1n) is 5.74. The molecular weight excluding hydrogens is 216 g/mol. The van der Waals surface area contributed by atoms with Crippen molar-refractivity contribution in [2.75, 3.05) is 11.9 Å².